The number of carbonyl (C=O) groups excluding carboxylic acids is 1. The van der Waals surface area contributed by atoms with Crippen molar-refractivity contribution in [2.45, 2.75) is 53.4 Å². The first kappa shape index (κ1) is 18.0. The molecule has 1 amide bonds. The quantitative estimate of drug-likeness (QED) is 0.658. The van der Waals surface area contributed by atoms with Gasteiger partial charge in [0.15, 0.2) is 0 Å². The van der Waals surface area contributed by atoms with Gasteiger partial charge in [-0.25, -0.2) is 4.98 Å². The Labute approximate surface area is 133 Å². The number of aromatic nitrogens is 1. The fourth-order valence-electron chi connectivity index (χ4n) is 2.46. The number of hydrogen-bond acceptors (Lipinski definition) is 2. The molecule has 21 heavy (non-hydrogen) atoms. The summed E-state index contributed by atoms with van der Waals surface area (Å²) in [5.74, 6) is 0.618. The summed E-state index contributed by atoms with van der Waals surface area (Å²) >= 11 is 6.06. The van der Waals surface area contributed by atoms with Crippen molar-refractivity contribution in [3.63, 3.8) is 0 Å². The predicted molar refractivity (Wildman–Crippen MR) is 88.9 cm³/mol. The van der Waals surface area contributed by atoms with E-state index in [9.17, 15) is 4.79 Å². The van der Waals surface area contributed by atoms with Gasteiger partial charge in [-0.05, 0) is 31.4 Å². The summed E-state index contributed by atoms with van der Waals surface area (Å²) in [6, 6.07) is 3.56. The molecule has 3 nitrogen and oxygen atoms in total. The summed E-state index contributed by atoms with van der Waals surface area (Å²) in [5, 5.41) is 0.405. The molecule has 0 aliphatic carbocycles. The van der Waals surface area contributed by atoms with E-state index in [4.69, 9.17) is 11.6 Å². The van der Waals surface area contributed by atoms with Crippen molar-refractivity contribution in [1.29, 1.82) is 0 Å². The van der Waals surface area contributed by atoms with Crippen LogP contribution in [0, 0.1) is 5.92 Å². The molecule has 0 spiro atoms. The molecule has 1 aromatic heterocycles. The summed E-state index contributed by atoms with van der Waals surface area (Å²) in [7, 11) is 0. The van der Waals surface area contributed by atoms with Crippen LogP contribution in [0.3, 0.4) is 0 Å². The van der Waals surface area contributed by atoms with Crippen molar-refractivity contribution in [2.75, 3.05) is 13.1 Å². The second kappa shape index (κ2) is 9.04. The Morgan fingerprint density at radius 2 is 1.90 bits per heavy atom. The third-order valence-electron chi connectivity index (χ3n) is 3.90. The average Bonchev–Trinajstić information content (AvgIpc) is 2.48. The van der Waals surface area contributed by atoms with Crippen molar-refractivity contribution in [1.82, 2.24) is 9.88 Å². The van der Waals surface area contributed by atoms with Gasteiger partial charge in [-0.2, -0.15) is 0 Å². The lowest BCUT2D eigenvalue weighted by Crippen LogP contribution is -2.35. The van der Waals surface area contributed by atoms with Gasteiger partial charge in [-0.15, -0.1) is 0 Å². The number of aryl methyl sites for hydroxylation is 1. The molecule has 0 saturated heterocycles. The molecular formula is C17H27ClN2O. The molecule has 0 saturated carbocycles. The van der Waals surface area contributed by atoms with E-state index >= 15 is 0 Å². The third kappa shape index (κ3) is 5.31. The topological polar surface area (TPSA) is 33.2 Å². The van der Waals surface area contributed by atoms with Crippen LogP contribution in [0.15, 0.2) is 12.1 Å². The van der Waals surface area contributed by atoms with Gasteiger partial charge in [0.1, 0.15) is 5.15 Å². The number of pyridine rings is 1. The molecule has 0 N–H and O–H groups in total. The Kier molecular flexibility index (Phi) is 7.73. The van der Waals surface area contributed by atoms with Crippen molar-refractivity contribution >= 4 is 17.5 Å². The maximum absolute atomic E-state index is 12.7. The summed E-state index contributed by atoms with van der Waals surface area (Å²) in [5.41, 5.74) is 1.55. The Morgan fingerprint density at radius 3 is 2.43 bits per heavy atom. The molecule has 1 aromatic rings. The van der Waals surface area contributed by atoms with E-state index in [1.54, 1.807) is 6.07 Å². The normalized spacial score (nSPS) is 11.0. The molecule has 0 fully saturated rings. The number of halogens is 1. The van der Waals surface area contributed by atoms with E-state index in [2.05, 4.69) is 25.8 Å². The molecule has 0 radical (unpaired) electrons. The second-order valence-corrected chi connectivity index (χ2v) is 5.83. The first-order chi connectivity index (χ1) is 10.0. The van der Waals surface area contributed by atoms with Gasteiger partial charge >= 0.3 is 0 Å². The summed E-state index contributed by atoms with van der Waals surface area (Å²) < 4.78 is 0. The van der Waals surface area contributed by atoms with Gasteiger partial charge in [-0.1, -0.05) is 51.6 Å². The predicted octanol–water partition coefficient (Wildman–Crippen LogP) is 4.59. The monoisotopic (exact) mass is 310 g/mol. The largest absolute Gasteiger partial charge is 0.339 e. The second-order valence-electron chi connectivity index (χ2n) is 5.45. The molecule has 4 heteroatoms. The molecule has 0 bridgehead atoms. The van der Waals surface area contributed by atoms with E-state index in [-0.39, 0.29) is 5.91 Å². The van der Waals surface area contributed by atoms with Crippen LogP contribution in [0.25, 0.3) is 0 Å². The zero-order valence-corrected chi connectivity index (χ0v) is 14.4. The van der Waals surface area contributed by atoms with Crippen molar-refractivity contribution in [3.8, 4) is 0 Å². The minimum Gasteiger partial charge on any atom is -0.339 e. The highest BCUT2D eigenvalue weighted by molar-refractivity contribution is 6.29. The van der Waals surface area contributed by atoms with Gasteiger partial charge < -0.3 is 4.90 Å². The molecule has 0 atom stereocenters. The van der Waals surface area contributed by atoms with Gasteiger partial charge in [0.05, 0.1) is 0 Å². The van der Waals surface area contributed by atoms with E-state index < -0.39 is 0 Å². The zero-order valence-electron chi connectivity index (χ0n) is 13.7. The number of hydrogen-bond donors (Lipinski definition) is 0. The van der Waals surface area contributed by atoms with Crippen LogP contribution in [0.5, 0.6) is 0 Å². The van der Waals surface area contributed by atoms with E-state index in [1.807, 2.05) is 17.9 Å². The van der Waals surface area contributed by atoms with E-state index in [1.165, 1.54) is 0 Å². The zero-order chi connectivity index (χ0) is 15.8. The smallest absolute Gasteiger partial charge is 0.254 e. The Hall–Kier alpha value is -1.09. The van der Waals surface area contributed by atoms with Crippen LogP contribution in [0.4, 0.5) is 0 Å². The Morgan fingerprint density at radius 1 is 1.24 bits per heavy atom. The van der Waals surface area contributed by atoms with Crippen LogP contribution in [-0.2, 0) is 6.42 Å². The fourth-order valence-corrected chi connectivity index (χ4v) is 2.68. The molecule has 0 aliphatic rings. The molecule has 118 valence electrons. The van der Waals surface area contributed by atoms with Gasteiger partial charge in [-0.3, -0.25) is 4.79 Å². The highest BCUT2D eigenvalue weighted by atomic mass is 35.5. The van der Waals surface area contributed by atoms with Crippen LogP contribution >= 0.6 is 11.6 Å². The van der Waals surface area contributed by atoms with Crippen LogP contribution in [0.2, 0.25) is 5.15 Å². The standard InChI is InChI=1S/C17H27ClN2O/c1-5-9-15-10-14(11-16(18)19-15)17(21)20(8-4)12-13(6-2)7-3/h10-11,13H,5-9,12H2,1-4H3. The molecule has 1 heterocycles. The van der Waals surface area contributed by atoms with Gasteiger partial charge in [0.25, 0.3) is 5.91 Å². The third-order valence-corrected chi connectivity index (χ3v) is 4.10. The highest BCUT2D eigenvalue weighted by Gasteiger charge is 2.18. The lowest BCUT2D eigenvalue weighted by Gasteiger charge is -2.25. The first-order valence-corrected chi connectivity index (χ1v) is 8.39. The highest BCUT2D eigenvalue weighted by Crippen LogP contribution is 2.17. The Balaban J connectivity index is 2.93. The minimum absolute atomic E-state index is 0.0612. The minimum atomic E-state index is 0.0612. The van der Waals surface area contributed by atoms with Crippen molar-refractivity contribution in [3.05, 3.63) is 28.5 Å². The van der Waals surface area contributed by atoms with E-state index in [0.717, 1.165) is 44.5 Å². The van der Waals surface area contributed by atoms with Crippen LogP contribution < -0.4 is 0 Å². The Bertz CT molecular complexity index is 458. The lowest BCUT2D eigenvalue weighted by atomic mass is 10.0. The van der Waals surface area contributed by atoms with Gasteiger partial charge in [0.2, 0.25) is 0 Å². The molecular weight excluding hydrogens is 284 g/mol. The molecule has 0 aromatic carbocycles. The average molecular weight is 311 g/mol. The van der Waals surface area contributed by atoms with Crippen molar-refractivity contribution < 1.29 is 4.79 Å². The molecule has 0 aliphatic heterocycles. The summed E-state index contributed by atoms with van der Waals surface area (Å²) in [6.07, 6.45) is 4.03. The van der Waals surface area contributed by atoms with Crippen LogP contribution in [0.1, 0.15) is 63.0 Å². The first-order valence-electron chi connectivity index (χ1n) is 8.01. The SMILES string of the molecule is CCCc1cc(C(=O)N(CC)CC(CC)CC)cc(Cl)n1. The number of rotatable bonds is 8. The van der Waals surface area contributed by atoms with Crippen molar-refractivity contribution in [2.24, 2.45) is 5.92 Å². The fraction of sp³-hybridized carbons (Fsp3) is 0.647. The van der Waals surface area contributed by atoms with Crippen LogP contribution in [-0.4, -0.2) is 28.9 Å². The molecule has 0 unspecified atom stereocenters. The maximum Gasteiger partial charge on any atom is 0.254 e. The number of nitrogens with zero attached hydrogens (tertiary/aromatic N) is 2. The molecule has 1 rings (SSSR count). The lowest BCUT2D eigenvalue weighted by molar-refractivity contribution is 0.0734. The number of carbonyl (C=O) groups is 1. The summed E-state index contributed by atoms with van der Waals surface area (Å²) in [6.45, 7) is 10.00. The maximum atomic E-state index is 12.7. The van der Waals surface area contributed by atoms with Gasteiger partial charge in [0, 0.05) is 24.3 Å². The number of amides is 1. The summed E-state index contributed by atoms with van der Waals surface area (Å²) in [4.78, 5) is 18.9. The van der Waals surface area contributed by atoms with E-state index in [0.29, 0.717) is 16.6 Å².